The molecule has 1 aliphatic heterocycles. The van der Waals surface area contributed by atoms with Crippen molar-refractivity contribution in [3.8, 4) is 11.8 Å². The minimum absolute atomic E-state index is 0.201. The molecule has 0 amide bonds. The molecule has 0 bridgehead atoms. The highest BCUT2D eigenvalue weighted by molar-refractivity contribution is 5.75. The Morgan fingerprint density at radius 1 is 1.12 bits per heavy atom. The summed E-state index contributed by atoms with van der Waals surface area (Å²) in [5, 5.41) is 13.6. The quantitative estimate of drug-likeness (QED) is 0.290. The van der Waals surface area contributed by atoms with Crippen LogP contribution in [0.15, 0.2) is 29.4 Å². The van der Waals surface area contributed by atoms with E-state index in [1.807, 2.05) is 0 Å². The first-order valence-electron chi connectivity index (χ1n) is 11.2. The topological polar surface area (TPSA) is 108 Å². The maximum atomic E-state index is 9.39. The number of nitrogens with zero attached hydrogens (tertiary/aromatic N) is 6. The minimum atomic E-state index is 0.201. The second-order valence-electron chi connectivity index (χ2n) is 7.48. The lowest BCUT2D eigenvalue weighted by Gasteiger charge is -2.26. The molecule has 10 heteroatoms. The third-order valence-corrected chi connectivity index (χ3v) is 4.87. The SMILES string of the molecule is CCCN(CCC)c1nc(/C=N/Nc2ccc(O)cc2)nc(OCCN2CCOCC2)n1. The van der Waals surface area contributed by atoms with Crippen molar-refractivity contribution in [2.24, 2.45) is 5.10 Å². The van der Waals surface area contributed by atoms with E-state index >= 15 is 0 Å². The zero-order chi connectivity index (χ0) is 22.6. The molecule has 0 unspecified atom stereocenters. The predicted molar refractivity (Wildman–Crippen MR) is 125 cm³/mol. The standard InChI is InChI=1S/C22H33N7O3/c1-3-9-29(10-4-2)21-24-20(17-23-27-18-5-7-19(30)8-6-18)25-22(26-21)32-16-13-28-11-14-31-15-12-28/h5-8,17,27,30H,3-4,9-16H2,1-2H3/b23-17+. The van der Waals surface area contributed by atoms with Gasteiger partial charge in [-0.15, -0.1) is 0 Å². The summed E-state index contributed by atoms with van der Waals surface area (Å²) in [5.74, 6) is 1.21. The number of hydrogen-bond donors (Lipinski definition) is 2. The van der Waals surface area contributed by atoms with Crippen molar-refractivity contribution in [3.63, 3.8) is 0 Å². The molecule has 2 aromatic rings. The fraction of sp³-hybridized carbons (Fsp3) is 0.545. The van der Waals surface area contributed by atoms with Gasteiger partial charge in [0.2, 0.25) is 5.95 Å². The van der Waals surface area contributed by atoms with Gasteiger partial charge in [0, 0.05) is 32.7 Å². The number of anilines is 2. The first-order valence-corrected chi connectivity index (χ1v) is 11.2. The van der Waals surface area contributed by atoms with E-state index in [1.54, 1.807) is 30.5 Å². The molecule has 174 valence electrons. The van der Waals surface area contributed by atoms with Crippen molar-refractivity contribution < 1.29 is 14.6 Å². The van der Waals surface area contributed by atoms with Crippen molar-refractivity contribution in [1.82, 2.24) is 19.9 Å². The molecule has 0 aliphatic carbocycles. The molecule has 2 heterocycles. The summed E-state index contributed by atoms with van der Waals surface area (Å²) in [6.07, 6.45) is 3.53. The summed E-state index contributed by atoms with van der Waals surface area (Å²) >= 11 is 0. The van der Waals surface area contributed by atoms with Crippen LogP contribution in [-0.4, -0.2) is 83.7 Å². The number of hydrazone groups is 1. The average Bonchev–Trinajstić information content (AvgIpc) is 2.81. The van der Waals surface area contributed by atoms with Gasteiger partial charge in [-0.25, -0.2) is 0 Å². The molecule has 2 N–H and O–H groups in total. The Kier molecular flexibility index (Phi) is 9.45. The number of nitrogens with one attached hydrogen (secondary N) is 1. The Bertz CT molecular complexity index is 836. The number of rotatable bonds is 12. The maximum absolute atomic E-state index is 9.39. The van der Waals surface area contributed by atoms with Crippen molar-refractivity contribution in [3.05, 3.63) is 30.1 Å². The normalized spacial score (nSPS) is 14.6. The fourth-order valence-corrected chi connectivity index (χ4v) is 3.27. The van der Waals surface area contributed by atoms with Gasteiger partial charge >= 0.3 is 6.01 Å². The molecule has 1 fully saturated rings. The van der Waals surface area contributed by atoms with Gasteiger partial charge in [-0.2, -0.15) is 20.1 Å². The highest BCUT2D eigenvalue weighted by Gasteiger charge is 2.14. The molecule has 1 aliphatic rings. The van der Waals surface area contributed by atoms with Gasteiger partial charge in [0.1, 0.15) is 12.4 Å². The van der Waals surface area contributed by atoms with Crippen LogP contribution in [-0.2, 0) is 4.74 Å². The molecule has 0 atom stereocenters. The van der Waals surface area contributed by atoms with Crippen LogP contribution in [0.1, 0.15) is 32.5 Å². The van der Waals surface area contributed by atoms with Gasteiger partial charge in [0.25, 0.3) is 0 Å². The van der Waals surface area contributed by atoms with Crippen molar-refractivity contribution >= 4 is 17.9 Å². The van der Waals surface area contributed by atoms with Gasteiger partial charge in [0.05, 0.1) is 25.1 Å². The van der Waals surface area contributed by atoms with Crippen LogP contribution in [0.4, 0.5) is 11.6 Å². The summed E-state index contributed by atoms with van der Waals surface area (Å²) in [6, 6.07) is 6.94. The average molecular weight is 444 g/mol. The lowest BCUT2D eigenvalue weighted by molar-refractivity contribution is 0.0317. The van der Waals surface area contributed by atoms with Gasteiger partial charge in [-0.05, 0) is 37.1 Å². The van der Waals surface area contributed by atoms with Crippen LogP contribution in [0.2, 0.25) is 0 Å². The van der Waals surface area contributed by atoms with E-state index in [9.17, 15) is 5.11 Å². The Hall–Kier alpha value is -2.98. The number of benzene rings is 1. The second-order valence-corrected chi connectivity index (χ2v) is 7.48. The third-order valence-electron chi connectivity index (χ3n) is 4.87. The van der Waals surface area contributed by atoms with E-state index < -0.39 is 0 Å². The second kappa shape index (κ2) is 12.8. The molecule has 10 nitrogen and oxygen atoms in total. The first-order chi connectivity index (χ1) is 15.7. The number of aromatic nitrogens is 3. The summed E-state index contributed by atoms with van der Waals surface area (Å²) in [5.41, 5.74) is 3.65. The number of ether oxygens (including phenoxy) is 2. The largest absolute Gasteiger partial charge is 0.508 e. The third kappa shape index (κ3) is 7.61. The van der Waals surface area contributed by atoms with E-state index in [1.165, 1.54) is 0 Å². The number of phenolic OH excluding ortho intramolecular Hbond substituents is 1. The minimum Gasteiger partial charge on any atom is -0.508 e. The first kappa shape index (κ1) is 23.7. The van der Waals surface area contributed by atoms with Crippen LogP contribution in [0, 0.1) is 0 Å². The van der Waals surface area contributed by atoms with E-state index in [2.05, 4.69) is 49.1 Å². The number of aromatic hydroxyl groups is 1. The van der Waals surface area contributed by atoms with Gasteiger partial charge in [-0.3, -0.25) is 10.3 Å². The molecule has 32 heavy (non-hydrogen) atoms. The Morgan fingerprint density at radius 3 is 2.53 bits per heavy atom. The van der Waals surface area contributed by atoms with E-state index in [0.717, 1.165) is 64.5 Å². The predicted octanol–water partition coefficient (Wildman–Crippen LogP) is 2.36. The molecule has 0 radical (unpaired) electrons. The fourth-order valence-electron chi connectivity index (χ4n) is 3.27. The maximum Gasteiger partial charge on any atom is 0.321 e. The number of phenols is 1. The number of hydrogen-bond acceptors (Lipinski definition) is 10. The van der Waals surface area contributed by atoms with Crippen molar-refractivity contribution in [1.29, 1.82) is 0 Å². The van der Waals surface area contributed by atoms with Crippen LogP contribution in [0.5, 0.6) is 11.8 Å². The molecular weight excluding hydrogens is 410 g/mol. The highest BCUT2D eigenvalue weighted by atomic mass is 16.5. The van der Waals surface area contributed by atoms with E-state index in [-0.39, 0.29) is 5.75 Å². The van der Waals surface area contributed by atoms with Crippen LogP contribution >= 0.6 is 0 Å². The molecule has 1 aromatic carbocycles. The monoisotopic (exact) mass is 443 g/mol. The van der Waals surface area contributed by atoms with Crippen LogP contribution in [0.25, 0.3) is 0 Å². The van der Waals surface area contributed by atoms with Crippen LogP contribution in [0.3, 0.4) is 0 Å². The summed E-state index contributed by atoms with van der Waals surface area (Å²) in [7, 11) is 0. The summed E-state index contributed by atoms with van der Waals surface area (Å²) < 4.78 is 11.3. The molecular formula is C22H33N7O3. The zero-order valence-electron chi connectivity index (χ0n) is 18.9. The molecule has 0 spiro atoms. The lowest BCUT2D eigenvalue weighted by atomic mass is 10.3. The molecule has 1 aromatic heterocycles. The van der Waals surface area contributed by atoms with Gasteiger partial charge < -0.3 is 19.5 Å². The van der Waals surface area contributed by atoms with E-state index in [0.29, 0.717) is 24.4 Å². The van der Waals surface area contributed by atoms with Crippen LogP contribution < -0.4 is 15.1 Å². The molecule has 3 rings (SSSR count). The molecule has 0 saturated carbocycles. The smallest absolute Gasteiger partial charge is 0.321 e. The summed E-state index contributed by atoms with van der Waals surface area (Å²) in [4.78, 5) is 18.0. The summed E-state index contributed by atoms with van der Waals surface area (Å²) in [6.45, 7) is 10.6. The van der Waals surface area contributed by atoms with Crippen molar-refractivity contribution in [2.45, 2.75) is 26.7 Å². The Labute approximate surface area is 189 Å². The highest BCUT2D eigenvalue weighted by Crippen LogP contribution is 2.15. The molecule has 1 saturated heterocycles. The zero-order valence-corrected chi connectivity index (χ0v) is 18.9. The van der Waals surface area contributed by atoms with Gasteiger partial charge in [0.15, 0.2) is 5.82 Å². The van der Waals surface area contributed by atoms with E-state index in [4.69, 9.17) is 9.47 Å². The van der Waals surface area contributed by atoms with Gasteiger partial charge in [-0.1, -0.05) is 13.8 Å². The number of morpholine rings is 1. The lowest BCUT2D eigenvalue weighted by Crippen LogP contribution is -2.38. The Balaban J connectivity index is 1.70. The van der Waals surface area contributed by atoms with Crippen molar-refractivity contribution in [2.75, 3.05) is 62.9 Å². The Morgan fingerprint density at radius 2 is 1.84 bits per heavy atom.